The lowest BCUT2D eigenvalue weighted by atomic mass is 10.0. The molecule has 1 atom stereocenters. The first-order chi connectivity index (χ1) is 14.7. The molecule has 1 N–H and O–H groups in total. The van der Waals surface area contributed by atoms with E-state index in [2.05, 4.69) is 46.4 Å². The standard InChI is InChI=1S/C26H31N3O/c1-20-9-11-22(12-10-20)25(15-18-29-16-5-2-6-17-29)28-26(30)19-23-14-13-21-7-3-4-8-24(21)27-23/h3-4,7-14,25H,2,5-6,15-19H2,1H3,(H,28,30). The lowest BCUT2D eigenvalue weighted by Crippen LogP contribution is -2.35. The molecule has 1 fully saturated rings. The molecule has 0 saturated carbocycles. The minimum atomic E-state index is 0.0282. The quantitative estimate of drug-likeness (QED) is 0.617. The molecule has 1 saturated heterocycles. The molecule has 3 aromatic rings. The molecule has 0 spiro atoms. The summed E-state index contributed by atoms with van der Waals surface area (Å²) in [7, 11) is 0. The molecule has 1 aliphatic heterocycles. The van der Waals surface area contributed by atoms with Gasteiger partial charge in [0.25, 0.3) is 0 Å². The van der Waals surface area contributed by atoms with E-state index >= 15 is 0 Å². The number of amides is 1. The van der Waals surface area contributed by atoms with Crippen LogP contribution in [0.25, 0.3) is 10.9 Å². The van der Waals surface area contributed by atoms with Crippen LogP contribution in [0.15, 0.2) is 60.7 Å². The summed E-state index contributed by atoms with van der Waals surface area (Å²) in [5.41, 5.74) is 4.16. The van der Waals surface area contributed by atoms with Crippen LogP contribution in [0.2, 0.25) is 0 Å². The number of hydrogen-bond acceptors (Lipinski definition) is 3. The Bertz CT molecular complexity index is 977. The molecule has 0 radical (unpaired) electrons. The number of fused-ring (bicyclic) bond motifs is 1. The van der Waals surface area contributed by atoms with Crippen molar-refractivity contribution in [1.29, 1.82) is 0 Å². The first kappa shape index (κ1) is 20.5. The number of rotatable bonds is 7. The van der Waals surface area contributed by atoms with Crippen LogP contribution in [0.4, 0.5) is 0 Å². The van der Waals surface area contributed by atoms with Crippen molar-refractivity contribution in [3.8, 4) is 0 Å². The Balaban J connectivity index is 1.43. The van der Waals surface area contributed by atoms with E-state index in [0.717, 1.165) is 29.6 Å². The second-order valence-corrected chi connectivity index (χ2v) is 8.39. The van der Waals surface area contributed by atoms with E-state index in [4.69, 9.17) is 0 Å². The summed E-state index contributed by atoms with van der Waals surface area (Å²) >= 11 is 0. The minimum absolute atomic E-state index is 0.0282. The van der Waals surface area contributed by atoms with E-state index in [9.17, 15) is 4.79 Å². The third-order valence-corrected chi connectivity index (χ3v) is 6.00. The monoisotopic (exact) mass is 401 g/mol. The Kier molecular flexibility index (Phi) is 6.75. The van der Waals surface area contributed by atoms with Crippen LogP contribution >= 0.6 is 0 Å². The van der Waals surface area contributed by atoms with E-state index in [0.29, 0.717) is 6.42 Å². The Labute approximate surface area is 179 Å². The van der Waals surface area contributed by atoms with Gasteiger partial charge in [0.05, 0.1) is 23.7 Å². The fraction of sp³-hybridized carbons (Fsp3) is 0.385. The Morgan fingerprint density at radius 2 is 1.77 bits per heavy atom. The molecule has 4 rings (SSSR count). The van der Waals surface area contributed by atoms with Crippen molar-refractivity contribution in [2.24, 2.45) is 0 Å². The maximum Gasteiger partial charge on any atom is 0.226 e. The second kappa shape index (κ2) is 9.86. The average molecular weight is 402 g/mol. The molecular formula is C26H31N3O. The molecular weight excluding hydrogens is 370 g/mol. The van der Waals surface area contributed by atoms with Gasteiger partial charge in [-0.25, -0.2) is 0 Å². The number of carbonyl (C=O) groups excluding carboxylic acids is 1. The number of carbonyl (C=O) groups is 1. The summed E-state index contributed by atoms with van der Waals surface area (Å²) in [5.74, 6) is 0.0296. The maximum atomic E-state index is 12.9. The van der Waals surface area contributed by atoms with Gasteiger partial charge in [0.15, 0.2) is 0 Å². The summed E-state index contributed by atoms with van der Waals surface area (Å²) in [4.78, 5) is 20.1. The van der Waals surface area contributed by atoms with Gasteiger partial charge in [-0.05, 0) is 57.0 Å². The fourth-order valence-electron chi connectivity index (χ4n) is 4.23. The maximum absolute atomic E-state index is 12.9. The molecule has 1 aromatic heterocycles. The number of nitrogens with zero attached hydrogens (tertiary/aromatic N) is 2. The van der Waals surface area contributed by atoms with E-state index < -0.39 is 0 Å². The van der Waals surface area contributed by atoms with Gasteiger partial charge in [0.2, 0.25) is 5.91 Å². The van der Waals surface area contributed by atoms with Gasteiger partial charge in [-0.2, -0.15) is 0 Å². The van der Waals surface area contributed by atoms with Crippen LogP contribution in [0, 0.1) is 6.92 Å². The highest BCUT2D eigenvalue weighted by atomic mass is 16.1. The second-order valence-electron chi connectivity index (χ2n) is 8.39. The summed E-state index contributed by atoms with van der Waals surface area (Å²) in [5, 5.41) is 4.38. The van der Waals surface area contributed by atoms with Crippen molar-refractivity contribution < 1.29 is 4.79 Å². The van der Waals surface area contributed by atoms with Crippen molar-refractivity contribution in [1.82, 2.24) is 15.2 Å². The van der Waals surface area contributed by atoms with Crippen LogP contribution in [0.5, 0.6) is 0 Å². The molecule has 156 valence electrons. The normalized spacial score (nSPS) is 15.8. The van der Waals surface area contributed by atoms with Crippen LogP contribution in [-0.2, 0) is 11.2 Å². The van der Waals surface area contributed by atoms with E-state index in [-0.39, 0.29) is 11.9 Å². The molecule has 30 heavy (non-hydrogen) atoms. The molecule has 4 heteroatoms. The number of likely N-dealkylation sites (tertiary alicyclic amines) is 1. The minimum Gasteiger partial charge on any atom is -0.349 e. The number of piperidine rings is 1. The zero-order valence-electron chi connectivity index (χ0n) is 17.8. The van der Waals surface area contributed by atoms with Crippen molar-refractivity contribution in [2.75, 3.05) is 19.6 Å². The third kappa shape index (κ3) is 5.45. The average Bonchev–Trinajstić information content (AvgIpc) is 2.78. The predicted molar refractivity (Wildman–Crippen MR) is 122 cm³/mol. The number of aromatic nitrogens is 1. The zero-order chi connectivity index (χ0) is 20.8. The van der Waals surface area contributed by atoms with Gasteiger partial charge in [-0.3, -0.25) is 9.78 Å². The topological polar surface area (TPSA) is 45.2 Å². The number of para-hydroxylation sites is 1. The van der Waals surface area contributed by atoms with Gasteiger partial charge in [0.1, 0.15) is 0 Å². The van der Waals surface area contributed by atoms with Crippen LogP contribution in [-0.4, -0.2) is 35.4 Å². The van der Waals surface area contributed by atoms with Crippen molar-refractivity contribution in [2.45, 2.75) is 45.1 Å². The smallest absolute Gasteiger partial charge is 0.226 e. The molecule has 1 unspecified atom stereocenters. The SMILES string of the molecule is Cc1ccc(C(CCN2CCCCC2)NC(=O)Cc2ccc3ccccc3n2)cc1. The Morgan fingerprint density at radius 3 is 2.57 bits per heavy atom. The first-order valence-electron chi connectivity index (χ1n) is 11.1. The fourth-order valence-corrected chi connectivity index (χ4v) is 4.23. The summed E-state index contributed by atoms with van der Waals surface area (Å²) in [6, 6.07) is 20.6. The lowest BCUT2D eigenvalue weighted by Gasteiger charge is -2.29. The molecule has 1 amide bonds. The van der Waals surface area contributed by atoms with Crippen molar-refractivity contribution in [3.63, 3.8) is 0 Å². The first-order valence-corrected chi connectivity index (χ1v) is 11.1. The number of nitrogens with one attached hydrogen (secondary N) is 1. The Morgan fingerprint density at radius 1 is 1.00 bits per heavy atom. The van der Waals surface area contributed by atoms with E-state index in [1.807, 2.05) is 36.4 Å². The number of pyridine rings is 1. The van der Waals surface area contributed by atoms with Crippen LogP contribution in [0.3, 0.4) is 0 Å². The third-order valence-electron chi connectivity index (χ3n) is 6.00. The number of aryl methyl sites for hydroxylation is 1. The van der Waals surface area contributed by atoms with E-state index in [1.165, 1.54) is 43.5 Å². The highest BCUT2D eigenvalue weighted by Crippen LogP contribution is 2.20. The largest absolute Gasteiger partial charge is 0.349 e. The van der Waals surface area contributed by atoms with Crippen LogP contribution in [0.1, 0.15) is 48.5 Å². The summed E-state index contributed by atoms with van der Waals surface area (Å²) in [6.07, 6.45) is 5.15. The summed E-state index contributed by atoms with van der Waals surface area (Å²) in [6.45, 7) is 5.47. The Hall–Kier alpha value is -2.72. The highest BCUT2D eigenvalue weighted by molar-refractivity contribution is 5.81. The lowest BCUT2D eigenvalue weighted by molar-refractivity contribution is -0.121. The molecule has 2 heterocycles. The van der Waals surface area contributed by atoms with Gasteiger partial charge >= 0.3 is 0 Å². The van der Waals surface area contributed by atoms with E-state index in [1.54, 1.807) is 0 Å². The van der Waals surface area contributed by atoms with Crippen LogP contribution < -0.4 is 5.32 Å². The van der Waals surface area contributed by atoms with Gasteiger partial charge in [-0.1, -0.05) is 60.5 Å². The van der Waals surface area contributed by atoms with Gasteiger partial charge in [0, 0.05) is 11.9 Å². The predicted octanol–water partition coefficient (Wildman–Crippen LogP) is 4.82. The zero-order valence-corrected chi connectivity index (χ0v) is 17.8. The molecule has 0 bridgehead atoms. The molecule has 2 aromatic carbocycles. The van der Waals surface area contributed by atoms with Gasteiger partial charge in [-0.15, -0.1) is 0 Å². The van der Waals surface area contributed by atoms with Crippen molar-refractivity contribution in [3.05, 3.63) is 77.5 Å². The highest BCUT2D eigenvalue weighted by Gasteiger charge is 2.18. The summed E-state index contributed by atoms with van der Waals surface area (Å²) < 4.78 is 0. The van der Waals surface area contributed by atoms with Crippen molar-refractivity contribution >= 4 is 16.8 Å². The molecule has 4 nitrogen and oxygen atoms in total. The molecule has 0 aliphatic carbocycles. The number of benzene rings is 2. The number of hydrogen-bond donors (Lipinski definition) is 1. The van der Waals surface area contributed by atoms with Gasteiger partial charge < -0.3 is 10.2 Å². The molecule has 1 aliphatic rings.